The Morgan fingerprint density at radius 3 is 2.25 bits per heavy atom. The van der Waals surface area contributed by atoms with Crippen LogP contribution < -0.4 is 5.11 Å². The Kier molecular flexibility index (Phi) is 4.76. The van der Waals surface area contributed by atoms with Crippen molar-refractivity contribution in [2.45, 2.75) is 38.8 Å². The lowest BCUT2D eigenvalue weighted by Crippen LogP contribution is -2.58. The topological polar surface area (TPSA) is 93.5 Å². The third-order valence-electron chi connectivity index (χ3n) is 1.99. The zero-order valence-corrected chi connectivity index (χ0v) is 9.81. The van der Waals surface area contributed by atoms with Gasteiger partial charge in [0.2, 0.25) is 0 Å². The van der Waals surface area contributed by atoms with Crippen molar-refractivity contribution in [3.8, 4) is 6.07 Å². The van der Waals surface area contributed by atoms with Gasteiger partial charge in [0, 0.05) is 5.54 Å². The van der Waals surface area contributed by atoms with E-state index in [1.807, 2.05) is 0 Å². The Labute approximate surface area is 94.4 Å². The van der Waals surface area contributed by atoms with Gasteiger partial charge < -0.3 is 19.5 Å². The van der Waals surface area contributed by atoms with Crippen molar-refractivity contribution in [1.29, 1.82) is 5.26 Å². The highest BCUT2D eigenvalue weighted by atomic mass is 16.5. The first kappa shape index (κ1) is 14.2. The SMILES string of the molecule is COC(=O)[C@H](CC#N)N(C(=O)[O-])C(C)(C)C. The van der Waals surface area contributed by atoms with E-state index < -0.39 is 23.6 Å². The van der Waals surface area contributed by atoms with Gasteiger partial charge in [-0.05, 0) is 20.8 Å². The summed E-state index contributed by atoms with van der Waals surface area (Å²) in [5.41, 5.74) is -0.839. The van der Waals surface area contributed by atoms with E-state index in [-0.39, 0.29) is 6.42 Å². The van der Waals surface area contributed by atoms with Crippen LogP contribution in [0.3, 0.4) is 0 Å². The number of carbonyl (C=O) groups excluding carboxylic acids is 2. The number of hydrogen-bond acceptors (Lipinski definition) is 5. The van der Waals surface area contributed by atoms with Gasteiger partial charge in [-0.3, -0.25) is 0 Å². The molecule has 1 amide bonds. The number of ether oxygens (including phenoxy) is 1. The molecule has 0 aromatic rings. The molecule has 6 heteroatoms. The summed E-state index contributed by atoms with van der Waals surface area (Å²) < 4.78 is 4.47. The van der Waals surface area contributed by atoms with Gasteiger partial charge in [0.15, 0.2) is 0 Å². The first-order valence-corrected chi connectivity index (χ1v) is 4.70. The van der Waals surface area contributed by atoms with Crippen LogP contribution in [0.2, 0.25) is 0 Å². The zero-order chi connectivity index (χ0) is 12.9. The van der Waals surface area contributed by atoms with Crippen LogP contribution in [0.25, 0.3) is 0 Å². The lowest BCUT2D eigenvalue weighted by molar-refractivity contribution is -0.273. The molecule has 0 radical (unpaired) electrons. The van der Waals surface area contributed by atoms with E-state index in [1.54, 1.807) is 26.8 Å². The lowest BCUT2D eigenvalue weighted by atomic mass is 10.0. The third-order valence-corrected chi connectivity index (χ3v) is 1.99. The fourth-order valence-electron chi connectivity index (χ4n) is 1.37. The van der Waals surface area contributed by atoms with Crippen molar-refractivity contribution in [2.75, 3.05) is 7.11 Å². The molecule has 1 atom stereocenters. The second kappa shape index (κ2) is 5.35. The maximum absolute atomic E-state index is 11.4. The predicted molar refractivity (Wildman–Crippen MR) is 53.0 cm³/mol. The highest BCUT2D eigenvalue weighted by Gasteiger charge is 2.34. The number of methoxy groups -OCH3 is 1. The van der Waals surface area contributed by atoms with Gasteiger partial charge >= 0.3 is 5.97 Å². The highest BCUT2D eigenvalue weighted by Crippen LogP contribution is 2.19. The van der Waals surface area contributed by atoms with Gasteiger partial charge in [0.25, 0.3) is 0 Å². The molecular weight excluding hydrogens is 212 g/mol. The number of hydrogen-bond donors (Lipinski definition) is 0. The Balaban J connectivity index is 5.20. The van der Waals surface area contributed by atoms with Crippen LogP contribution in [0.15, 0.2) is 0 Å². The van der Waals surface area contributed by atoms with Crippen LogP contribution in [-0.4, -0.2) is 35.7 Å². The van der Waals surface area contributed by atoms with Gasteiger partial charge in [-0.15, -0.1) is 0 Å². The molecule has 0 spiro atoms. The van der Waals surface area contributed by atoms with E-state index in [4.69, 9.17) is 5.26 Å². The van der Waals surface area contributed by atoms with Crippen LogP contribution in [-0.2, 0) is 9.53 Å². The zero-order valence-electron chi connectivity index (χ0n) is 9.81. The number of amides is 1. The minimum atomic E-state index is -1.50. The van der Waals surface area contributed by atoms with E-state index in [9.17, 15) is 14.7 Å². The van der Waals surface area contributed by atoms with Crippen LogP contribution in [0.4, 0.5) is 4.79 Å². The van der Waals surface area contributed by atoms with Gasteiger partial charge in [0.1, 0.15) is 12.1 Å². The minimum absolute atomic E-state index is 0.266. The molecule has 0 aliphatic heterocycles. The van der Waals surface area contributed by atoms with Crippen molar-refractivity contribution in [3.63, 3.8) is 0 Å². The molecule has 0 fully saturated rings. The molecule has 0 saturated heterocycles. The molecular formula is C10H15N2O4-. The van der Waals surface area contributed by atoms with Crippen molar-refractivity contribution in [3.05, 3.63) is 0 Å². The number of nitriles is 1. The average molecular weight is 227 g/mol. The monoisotopic (exact) mass is 227 g/mol. The summed E-state index contributed by atoms with van der Waals surface area (Å²) in [5, 5.41) is 19.6. The van der Waals surface area contributed by atoms with Crippen molar-refractivity contribution in [1.82, 2.24) is 4.90 Å². The van der Waals surface area contributed by atoms with Gasteiger partial charge in [-0.25, -0.2) is 4.79 Å². The number of nitrogens with zero attached hydrogens (tertiary/aromatic N) is 2. The van der Waals surface area contributed by atoms with Gasteiger partial charge in [-0.1, -0.05) is 0 Å². The summed E-state index contributed by atoms with van der Waals surface area (Å²) in [5.74, 6) is -0.763. The predicted octanol–water partition coefficient (Wildman–Crippen LogP) is -0.115. The van der Waals surface area contributed by atoms with Crippen LogP contribution >= 0.6 is 0 Å². The first-order valence-electron chi connectivity index (χ1n) is 4.70. The summed E-state index contributed by atoms with van der Waals surface area (Å²) in [6.45, 7) is 4.82. The van der Waals surface area contributed by atoms with E-state index in [1.165, 1.54) is 0 Å². The number of carboxylic acid groups (broad SMARTS) is 1. The average Bonchev–Trinajstić information content (AvgIpc) is 2.13. The van der Waals surface area contributed by atoms with Gasteiger partial charge in [-0.2, -0.15) is 5.26 Å². The summed E-state index contributed by atoms with van der Waals surface area (Å²) in [4.78, 5) is 23.2. The van der Waals surface area contributed by atoms with Crippen LogP contribution in [0.5, 0.6) is 0 Å². The Hall–Kier alpha value is -1.77. The minimum Gasteiger partial charge on any atom is -0.530 e. The number of carbonyl (C=O) groups is 2. The second-order valence-electron chi connectivity index (χ2n) is 4.21. The largest absolute Gasteiger partial charge is 0.530 e. The molecule has 0 aromatic carbocycles. The molecule has 0 N–H and O–H groups in total. The second-order valence-corrected chi connectivity index (χ2v) is 4.21. The standard InChI is InChI=1S/C10H16N2O4/c1-10(2,3)12(9(14)15)7(5-6-11)8(13)16-4/h7H,5H2,1-4H3,(H,14,15)/p-1/t7-/m0/s1. The maximum Gasteiger partial charge on any atom is 0.329 e. The summed E-state index contributed by atoms with van der Waals surface area (Å²) in [6, 6.07) is 0.604. The molecule has 0 unspecified atom stereocenters. The first-order chi connectivity index (χ1) is 7.25. The Morgan fingerprint density at radius 1 is 1.50 bits per heavy atom. The number of rotatable bonds is 3. The Bertz CT molecular complexity index is 314. The molecule has 0 heterocycles. The van der Waals surface area contributed by atoms with Crippen molar-refractivity contribution < 1.29 is 19.4 Å². The van der Waals surface area contributed by atoms with Crippen molar-refractivity contribution >= 4 is 12.1 Å². The lowest BCUT2D eigenvalue weighted by Gasteiger charge is -2.41. The fraction of sp³-hybridized carbons (Fsp3) is 0.700. The van der Waals surface area contributed by atoms with Crippen molar-refractivity contribution in [2.24, 2.45) is 0 Å². The Morgan fingerprint density at radius 2 is 2.00 bits per heavy atom. The molecule has 0 aliphatic carbocycles. The quantitative estimate of drug-likeness (QED) is 0.627. The molecule has 0 bridgehead atoms. The van der Waals surface area contributed by atoms with Gasteiger partial charge in [0.05, 0.1) is 19.6 Å². The molecule has 6 nitrogen and oxygen atoms in total. The fourth-order valence-corrected chi connectivity index (χ4v) is 1.37. The van der Waals surface area contributed by atoms with E-state index in [0.29, 0.717) is 0 Å². The molecule has 0 rings (SSSR count). The summed E-state index contributed by atoms with van der Waals surface area (Å²) in [7, 11) is 1.14. The highest BCUT2D eigenvalue weighted by molar-refractivity contribution is 5.81. The third kappa shape index (κ3) is 3.42. The van der Waals surface area contributed by atoms with E-state index in [0.717, 1.165) is 12.0 Å². The van der Waals surface area contributed by atoms with E-state index >= 15 is 0 Å². The molecule has 0 saturated carbocycles. The van der Waals surface area contributed by atoms with Crippen LogP contribution in [0.1, 0.15) is 27.2 Å². The smallest absolute Gasteiger partial charge is 0.329 e. The molecule has 16 heavy (non-hydrogen) atoms. The van der Waals surface area contributed by atoms with E-state index in [2.05, 4.69) is 4.74 Å². The molecule has 90 valence electrons. The normalized spacial score (nSPS) is 12.4. The molecule has 0 aliphatic rings. The molecule has 0 aromatic heterocycles. The summed E-state index contributed by atoms with van der Waals surface area (Å²) in [6.07, 6.45) is -1.77. The maximum atomic E-state index is 11.4. The number of esters is 1. The van der Waals surface area contributed by atoms with Crippen LogP contribution in [0, 0.1) is 11.3 Å². The summed E-state index contributed by atoms with van der Waals surface area (Å²) >= 11 is 0.